The minimum atomic E-state index is -0.228. The Bertz CT molecular complexity index is 922. The van der Waals surface area contributed by atoms with Crippen molar-refractivity contribution in [1.29, 1.82) is 0 Å². The first kappa shape index (κ1) is 21.1. The van der Waals surface area contributed by atoms with Crippen molar-refractivity contribution in [2.24, 2.45) is 0 Å². The van der Waals surface area contributed by atoms with E-state index in [1.165, 1.54) is 19.5 Å². The number of likely N-dealkylation sites (tertiary alicyclic amines) is 1. The molecule has 3 heterocycles. The van der Waals surface area contributed by atoms with Gasteiger partial charge in [-0.25, -0.2) is 9.78 Å². The van der Waals surface area contributed by atoms with Gasteiger partial charge in [0.1, 0.15) is 6.10 Å². The Morgan fingerprint density at radius 1 is 1.19 bits per heavy atom. The average Bonchev–Trinajstić information content (AvgIpc) is 3.37. The Kier molecular flexibility index (Phi) is 6.06. The fourth-order valence-electron chi connectivity index (χ4n) is 4.41. The minimum Gasteiger partial charge on any atom is -0.480 e. The van der Waals surface area contributed by atoms with Crippen LogP contribution in [-0.4, -0.2) is 62.4 Å². The van der Waals surface area contributed by atoms with Crippen molar-refractivity contribution >= 4 is 17.8 Å². The Morgan fingerprint density at radius 2 is 2.00 bits per heavy atom. The number of methoxy groups -OCH3 is 1. The molecule has 2 aromatic heterocycles. The van der Waals surface area contributed by atoms with Crippen LogP contribution in [0.15, 0.2) is 18.5 Å². The molecule has 0 radical (unpaired) electrons. The molecule has 1 aliphatic heterocycles. The van der Waals surface area contributed by atoms with Crippen molar-refractivity contribution in [3.8, 4) is 5.88 Å². The summed E-state index contributed by atoms with van der Waals surface area (Å²) in [6.07, 6.45) is 6.27. The van der Waals surface area contributed by atoms with E-state index < -0.39 is 0 Å². The second-order valence-corrected chi connectivity index (χ2v) is 8.34. The molecule has 1 aliphatic carbocycles. The van der Waals surface area contributed by atoms with Crippen LogP contribution in [0.4, 0.5) is 10.6 Å². The molecule has 10 nitrogen and oxygen atoms in total. The smallest absolute Gasteiger partial charge is 0.410 e. The number of hydrogen-bond donors (Lipinski definition) is 2. The first-order valence-electron chi connectivity index (χ1n) is 10.6. The van der Waals surface area contributed by atoms with Crippen LogP contribution >= 0.6 is 0 Å². The number of anilines is 1. The third kappa shape index (κ3) is 4.78. The molecule has 2 aliphatic rings. The summed E-state index contributed by atoms with van der Waals surface area (Å²) in [5.41, 5.74) is 1.48. The number of aromatic amines is 1. The van der Waals surface area contributed by atoms with E-state index in [2.05, 4.69) is 25.5 Å². The van der Waals surface area contributed by atoms with Gasteiger partial charge in [-0.3, -0.25) is 14.9 Å². The molecule has 2 aromatic rings. The van der Waals surface area contributed by atoms with Gasteiger partial charge in [0.2, 0.25) is 11.8 Å². The summed E-state index contributed by atoms with van der Waals surface area (Å²) in [5, 5.41) is 9.98. The summed E-state index contributed by atoms with van der Waals surface area (Å²) in [6.45, 7) is 4.08. The monoisotopic (exact) mass is 428 g/mol. The van der Waals surface area contributed by atoms with Gasteiger partial charge >= 0.3 is 6.09 Å². The van der Waals surface area contributed by atoms with Crippen molar-refractivity contribution in [3.05, 3.63) is 29.8 Å². The van der Waals surface area contributed by atoms with E-state index >= 15 is 0 Å². The maximum atomic E-state index is 12.4. The van der Waals surface area contributed by atoms with E-state index in [1.807, 2.05) is 24.8 Å². The minimum absolute atomic E-state index is 0.0903. The molecule has 0 bridgehead atoms. The van der Waals surface area contributed by atoms with Crippen LogP contribution in [0.3, 0.4) is 0 Å². The fourth-order valence-corrected chi connectivity index (χ4v) is 4.41. The lowest BCUT2D eigenvalue weighted by atomic mass is 9.97. The summed E-state index contributed by atoms with van der Waals surface area (Å²) in [7, 11) is 1.51. The van der Waals surface area contributed by atoms with Crippen LogP contribution in [0.1, 0.15) is 56.8 Å². The number of rotatable bonds is 6. The van der Waals surface area contributed by atoms with Crippen molar-refractivity contribution in [2.45, 2.75) is 70.1 Å². The molecule has 31 heavy (non-hydrogen) atoms. The number of carbonyl (C=O) groups excluding carboxylic acids is 2. The van der Waals surface area contributed by atoms with Crippen molar-refractivity contribution in [1.82, 2.24) is 25.1 Å². The number of aromatic nitrogens is 4. The van der Waals surface area contributed by atoms with Crippen molar-refractivity contribution < 1.29 is 19.1 Å². The highest BCUT2D eigenvalue weighted by Gasteiger charge is 2.39. The van der Waals surface area contributed by atoms with E-state index in [1.54, 1.807) is 0 Å². The molecule has 166 valence electrons. The summed E-state index contributed by atoms with van der Waals surface area (Å²) >= 11 is 0. The molecule has 1 saturated heterocycles. The zero-order valence-electron chi connectivity index (χ0n) is 18.0. The summed E-state index contributed by atoms with van der Waals surface area (Å²) in [4.78, 5) is 34.6. The lowest BCUT2D eigenvalue weighted by molar-refractivity contribution is -0.115. The summed E-state index contributed by atoms with van der Waals surface area (Å²) < 4.78 is 10.7. The SMILES string of the molecule is COc1cnc(CC(=O)Nc2cc([C@H]3CC[C@@H](OC(=O)N4[C@@H](C)C[C@@H]4C)C3)[nH]n2)cn1. The largest absolute Gasteiger partial charge is 0.480 e. The molecule has 4 rings (SSSR count). The van der Waals surface area contributed by atoms with E-state index in [4.69, 9.17) is 9.47 Å². The van der Waals surface area contributed by atoms with Gasteiger partial charge in [0.25, 0.3) is 0 Å². The zero-order chi connectivity index (χ0) is 22.0. The molecule has 4 atom stereocenters. The highest BCUT2D eigenvalue weighted by atomic mass is 16.6. The number of H-pyrrole nitrogens is 1. The first-order valence-corrected chi connectivity index (χ1v) is 10.6. The van der Waals surface area contributed by atoms with Crippen molar-refractivity contribution in [3.63, 3.8) is 0 Å². The van der Waals surface area contributed by atoms with Crippen molar-refractivity contribution in [2.75, 3.05) is 12.4 Å². The molecule has 0 spiro atoms. The Hall–Kier alpha value is -3.17. The van der Waals surface area contributed by atoms with Gasteiger partial charge in [-0.15, -0.1) is 0 Å². The number of carbonyl (C=O) groups is 2. The third-order valence-electron chi connectivity index (χ3n) is 6.03. The molecule has 0 unspecified atom stereocenters. The van der Waals surface area contributed by atoms with Gasteiger partial charge in [0, 0.05) is 29.8 Å². The second kappa shape index (κ2) is 8.91. The van der Waals surface area contributed by atoms with Gasteiger partial charge in [-0.05, 0) is 39.5 Å². The van der Waals surface area contributed by atoms with E-state index in [0.717, 1.165) is 31.4 Å². The standard InChI is InChI=1S/C21H28N6O4/c1-12-6-13(2)27(12)21(29)31-16-5-4-14(7-16)17-9-18(26-25-17)24-19(28)8-15-10-23-20(30-3)11-22-15/h9-14,16H,4-8H2,1-3H3,(H2,24,25,26,28)/t12-,13-,14-,16+/m0/s1. The maximum Gasteiger partial charge on any atom is 0.410 e. The fraction of sp³-hybridized carbons (Fsp3) is 0.571. The molecular weight excluding hydrogens is 400 g/mol. The third-order valence-corrected chi connectivity index (χ3v) is 6.03. The normalized spacial score (nSPS) is 25.1. The molecular formula is C21H28N6O4. The Labute approximate surface area is 180 Å². The second-order valence-electron chi connectivity index (χ2n) is 8.34. The maximum absolute atomic E-state index is 12.4. The quantitative estimate of drug-likeness (QED) is 0.725. The number of hydrogen-bond acceptors (Lipinski definition) is 7. The first-order chi connectivity index (χ1) is 14.9. The number of amides is 2. The van der Waals surface area contributed by atoms with Gasteiger partial charge in [-0.1, -0.05) is 0 Å². The molecule has 2 amide bonds. The van der Waals surface area contributed by atoms with Crippen LogP contribution in [0.25, 0.3) is 0 Å². The predicted octanol–water partition coefficient (Wildman–Crippen LogP) is 2.64. The molecule has 10 heteroatoms. The number of nitrogens with zero attached hydrogens (tertiary/aromatic N) is 4. The van der Waals surface area contributed by atoms with Crippen LogP contribution < -0.4 is 10.1 Å². The Balaban J connectivity index is 1.26. The zero-order valence-corrected chi connectivity index (χ0v) is 18.0. The van der Waals surface area contributed by atoms with Crippen LogP contribution in [-0.2, 0) is 16.0 Å². The average molecular weight is 428 g/mol. The van der Waals surface area contributed by atoms with Crippen LogP contribution in [0, 0.1) is 0 Å². The van der Waals surface area contributed by atoms with E-state index in [9.17, 15) is 9.59 Å². The summed E-state index contributed by atoms with van der Waals surface area (Å²) in [6, 6.07) is 2.34. The number of nitrogens with one attached hydrogen (secondary N) is 2. The molecule has 2 N–H and O–H groups in total. The Morgan fingerprint density at radius 3 is 2.68 bits per heavy atom. The van der Waals surface area contributed by atoms with Gasteiger partial charge < -0.3 is 19.7 Å². The predicted molar refractivity (Wildman–Crippen MR) is 112 cm³/mol. The lowest BCUT2D eigenvalue weighted by Crippen LogP contribution is -2.56. The van der Waals surface area contributed by atoms with Gasteiger partial charge in [0.15, 0.2) is 5.82 Å². The van der Waals surface area contributed by atoms with E-state index in [-0.39, 0.29) is 42.5 Å². The lowest BCUT2D eigenvalue weighted by Gasteiger charge is -2.44. The summed E-state index contributed by atoms with van der Waals surface area (Å²) in [5.74, 6) is 0.851. The molecule has 0 aromatic carbocycles. The van der Waals surface area contributed by atoms with Gasteiger partial charge in [0.05, 0.1) is 31.6 Å². The highest BCUT2D eigenvalue weighted by Crippen LogP contribution is 2.37. The molecule has 1 saturated carbocycles. The van der Waals surface area contributed by atoms with E-state index in [0.29, 0.717) is 17.4 Å². The van der Waals surface area contributed by atoms with Crippen LogP contribution in [0.2, 0.25) is 0 Å². The highest BCUT2D eigenvalue weighted by molar-refractivity contribution is 5.91. The van der Waals surface area contributed by atoms with Gasteiger partial charge in [-0.2, -0.15) is 5.10 Å². The molecule has 2 fully saturated rings. The number of ether oxygens (including phenoxy) is 2. The van der Waals surface area contributed by atoms with Crippen LogP contribution in [0.5, 0.6) is 5.88 Å². The topological polar surface area (TPSA) is 122 Å².